The molecule has 1 aromatic carbocycles. The standard InChI is InChI=1S/C13H11F2N3O4S/c1-12(6-2-5(18(21)22)3-7(14)9(6)15)8-4-13(8,10(19)20)23-11(16)17-12/h2-3,8H,4H2,1H3,(H2,16,17)(H,19,20). The smallest absolute Gasteiger partial charge is 0.320 e. The molecule has 7 nitrogen and oxygen atoms in total. The van der Waals surface area contributed by atoms with Gasteiger partial charge in [-0.25, -0.2) is 8.78 Å². The third-order valence-corrected chi connectivity index (χ3v) is 5.64. The maximum Gasteiger partial charge on any atom is 0.320 e. The quantitative estimate of drug-likeness (QED) is 0.640. The Balaban J connectivity index is 2.20. The Bertz CT molecular complexity index is 787. The number of nitro groups is 1. The SMILES string of the molecule is CC1(c2cc([N+](=O)[O-])cc(F)c2F)N=C(N)SC2(C(=O)O)CC21. The lowest BCUT2D eigenvalue weighted by Crippen LogP contribution is -2.39. The van der Waals surface area contributed by atoms with Crippen molar-refractivity contribution in [2.24, 2.45) is 16.6 Å². The van der Waals surface area contributed by atoms with Gasteiger partial charge in [-0.3, -0.25) is 19.9 Å². The molecule has 3 unspecified atom stereocenters. The van der Waals surface area contributed by atoms with Gasteiger partial charge in [0.05, 0.1) is 16.5 Å². The summed E-state index contributed by atoms with van der Waals surface area (Å²) in [6.07, 6.45) is 0.164. The van der Waals surface area contributed by atoms with Crippen molar-refractivity contribution < 1.29 is 23.6 Å². The first-order valence-corrected chi connectivity index (χ1v) is 7.35. The Morgan fingerprint density at radius 2 is 2.22 bits per heavy atom. The van der Waals surface area contributed by atoms with Gasteiger partial charge < -0.3 is 10.8 Å². The average Bonchev–Trinajstić information content (AvgIpc) is 3.18. The Labute approximate surface area is 132 Å². The van der Waals surface area contributed by atoms with Crippen molar-refractivity contribution in [1.82, 2.24) is 0 Å². The number of hydrogen-bond acceptors (Lipinski definition) is 6. The van der Waals surface area contributed by atoms with Crippen molar-refractivity contribution in [3.63, 3.8) is 0 Å². The number of aliphatic imine (C=N–C) groups is 1. The molecular weight excluding hydrogens is 332 g/mol. The third kappa shape index (κ3) is 2.08. The Morgan fingerprint density at radius 1 is 1.57 bits per heavy atom. The van der Waals surface area contributed by atoms with Gasteiger partial charge in [0.15, 0.2) is 16.8 Å². The van der Waals surface area contributed by atoms with E-state index in [1.807, 2.05) is 0 Å². The van der Waals surface area contributed by atoms with E-state index in [0.717, 1.165) is 17.8 Å². The molecule has 122 valence electrons. The number of hydrogen-bond donors (Lipinski definition) is 2. The van der Waals surface area contributed by atoms with Gasteiger partial charge in [-0.15, -0.1) is 0 Å². The predicted octanol–water partition coefficient (Wildman–Crippen LogP) is 1.99. The van der Waals surface area contributed by atoms with Crippen molar-refractivity contribution in [2.45, 2.75) is 23.6 Å². The second kappa shape index (κ2) is 4.63. The minimum absolute atomic E-state index is 0.0741. The molecule has 10 heteroatoms. The van der Waals surface area contributed by atoms with Crippen molar-refractivity contribution >= 4 is 28.6 Å². The molecule has 1 aromatic rings. The molecule has 1 saturated carbocycles. The summed E-state index contributed by atoms with van der Waals surface area (Å²) in [5.74, 6) is -4.43. The van der Waals surface area contributed by atoms with Crippen LogP contribution in [0.1, 0.15) is 18.9 Å². The number of non-ortho nitro benzene ring substituents is 1. The van der Waals surface area contributed by atoms with Gasteiger partial charge in [-0.05, 0) is 13.3 Å². The lowest BCUT2D eigenvalue weighted by atomic mass is 9.85. The summed E-state index contributed by atoms with van der Waals surface area (Å²) in [4.78, 5) is 25.6. The molecule has 0 radical (unpaired) electrons. The van der Waals surface area contributed by atoms with Crippen LogP contribution in [-0.2, 0) is 10.3 Å². The Kier molecular flexibility index (Phi) is 3.15. The van der Waals surface area contributed by atoms with Crippen LogP contribution in [0.25, 0.3) is 0 Å². The molecule has 2 aliphatic rings. The lowest BCUT2D eigenvalue weighted by Gasteiger charge is -2.32. The first kappa shape index (κ1) is 15.7. The minimum atomic E-state index is -1.48. The highest BCUT2D eigenvalue weighted by molar-refractivity contribution is 8.15. The number of nitrogens with two attached hydrogens (primary N) is 1. The van der Waals surface area contributed by atoms with Crippen molar-refractivity contribution in [2.75, 3.05) is 0 Å². The van der Waals surface area contributed by atoms with E-state index in [1.165, 1.54) is 6.92 Å². The van der Waals surface area contributed by atoms with E-state index in [4.69, 9.17) is 5.73 Å². The number of fused-ring (bicyclic) bond motifs is 1. The molecule has 23 heavy (non-hydrogen) atoms. The highest BCUT2D eigenvalue weighted by Gasteiger charge is 2.71. The van der Waals surface area contributed by atoms with Crippen LogP contribution < -0.4 is 5.73 Å². The first-order chi connectivity index (χ1) is 10.6. The second-order valence-corrected chi connectivity index (χ2v) is 7.05. The van der Waals surface area contributed by atoms with Crippen LogP contribution in [0.15, 0.2) is 17.1 Å². The van der Waals surface area contributed by atoms with Gasteiger partial charge in [-0.1, -0.05) is 11.8 Å². The summed E-state index contributed by atoms with van der Waals surface area (Å²) >= 11 is 0.867. The molecule has 0 aromatic heterocycles. The zero-order chi connectivity index (χ0) is 17.2. The Hall–Kier alpha value is -2.23. The maximum atomic E-state index is 14.3. The predicted molar refractivity (Wildman–Crippen MR) is 78.1 cm³/mol. The first-order valence-electron chi connectivity index (χ1n) is 6.53. The molecule has 3 atom stereocenters. The maximum absolute atomic E-state index is 14.3. The van der Waals surface area contributed by atoms with E-state index < -0.39 is 44.4 Å². The topological polar surface area (TPSA) is 119 Å². The van der Waals surface area contributed by atoms with Gasteiger partial charge in [-0.2, -0.15) is 0 Å². The average molecular weight is 343 g/mol. The highest BCUT2D eigenvalue weighted by atomic mass is 32.2. The van der Waals surface area contributed by atoms with Crippen LogP contribution in [0.3, 0.4) is 0 Å². The van der Waals surface area contributed by atoms with E-state index in [-0.39, 0.29) is 17.2 Å². The van der Waals surface area contributed by atoms with Gasteiger partial charge in [0.25, 0.3) is 5.69 Å². The molecule has 0 spiro atoms. The number of benzene rings is 1. The number of carboxylic acids is 1. The van der Waals surface area contributed by atoms with Crippen molar-refractivity contribution in [3.8, 4) is 0 Å². The number of thioether (sulfide) groups is 1. The molecule has 1 aliphatic carbocycles. The number of halogens is 2. The molecule has 0 amide bonds. The molecule has 0 saturated heterocycles. The molecule has 3 N–H and O–H groups in total. The van der Waals surface area contributed by atoms with E-state index in [1.54, 1.807) is 0 Å². The van der Waals surface area contributed by atoms with Crippen LogP contribution in [-0.4, -0.2) is 25.9 Å². The molecule has 1 fully saturated rings. The zero-order valence-corrected chi connectivity index (χ0v) is 12.6. The Morgan fingerprint density at radius 3 is 2.78 bits per heavy atom. The van der Waals surface area contributed by atoms with Gasteiger partial charge in [0.2, 0.25) is 0 Å². The van der Waals surface area contributed by atoms with Gasteiger partial charge in [0.1, 0.15) is 4.75 Å². The van der Waals surface area contributed by atoms with Crippen LogP contribution in [0.4, 0.5) is 14.5 Å². The van der Waals surface area contributed by atoms with Crippen LogP contribution in [0.2, 0.25) is 0 Å². The normalized spacial score (nSPS) is 32.0. The van der Waals surface area contributed by atoms with Crippen LogP contribution in [0, 0.1) is 27.7 Å². The molecular formula is C13H11F2N3O4S. The van der Waals surface area contributed by atoms with Crippen molar-refractivity contribution in [3.05, 3.63) is 39.4 Å². The second-order valence-electron chi connectivity index (χ2n) is 5.70. The van der Waals surface area contributed by atoms with Crippen molar-refractivity contribution in [1.29, 1.82) is 0 Å². The number of carbonyl (C=O) groups is 1. The van der Waals surface area contributed by atoms with E-state index in [2.05, 4.69) is 4.99 Å². The van der Waals surface area contributed by atoms with E-state index in [9.17, 15) is 28.8 Å². The summed E-state index contributed by atoms with van der Waals surface area (Å²) in [5.41, 5.74) is 3.20. The van der Waals surface area contributed by atoms with Crippen LogP contribution in [0.5, 0.6) is 0 Å². The number of aliphatic carboxylic acids is 1. The fourth-order valence-corrected chi connectivity index (χ4v) is 4.42. The number of nitrogens with zero attached hydrogens (tertiary/aromatic N) is 2. The van der Waals surface area contributed by atoms with E-state index >= 15 is 0 Å². The molecule has 0 bridgehead atoms. The molecule has 1 heterocycles. The summed E-state index contributed by atoms with van der Waals surface area (Å²) in [5, 5.41) is 20.2. The largest absolute Gasteiger partial charge is 0.480 e. The third-order valence-electron chi connectivity index (χ3n) is 4.35. The fraction of sp³-hybridized carbons (Fsp3) is 0.385. The minimum Gasteiger partial charge on any atom is -0.480 e. The molecule has 1 aliphatic heterocycles. The van der Waals surface area contributed by atoms with Crippen LogP contribution >= 0.6 is 11.8 Å². The molecule has 3 rings (SSSR count). The summed E-state index contributed by atoms with van der Waals surface area (Å²) in [6, 6.07) is 1.36. The summed E-state index contributed by atoms with van der Waals surface area (Å²) in [7, 11) is 0. The van der Waals surface area contributed by atoms with E-state index in [0.29, 0.717) is 6.07 Å². The number of rotatable bonds is 3. The monoisotopic (exact) mass is 343 g/mol. The number of nitro benzene ring substituents is 1. The fourth-order valence-electron chi connectivity index (χ4n) is 3.10. The lowest BCUT2D eigenvalue weighted by molar-refractivity contribution is -0.385. The number of carboxylic acid groups (broad SMARTS) is 1. The highest BCUT2D eigenvalue weighted by Crippen LogP contribution is 2.66. The number of amidine groups is 1. The summed E-state index contributed by atoms with van der Waals surface area (Å²) < 4.78 is 26.7. The van der Waals surface area contributed by atoms with Gasteiger partial charge in [0, 0.05) is 17.5 Å². The zero-order valence-electron chi connectivity index (χ0n) is 11.7. The van der Waals surface area contributed by atoms with Gasteiger partial charge >= 0.3 is 5.97 Å². The summed E-state index contributed by atoms with van der Waals surface area (Å²) in [6.45, 7) is 1.41.